The second kappa shape index (κ2) is 3.61. The van der Waals surface area contributed by atoms with E-state index in [0.29, 0.717) is 5.88 Å². The van der Waals surface area contributed by atoms with Gasteiger partial charge in [0.1, 0.15) is 5.75 Å². The molecule has 0 fully saturated rings. The summed E-state index contributed by atoms with van der Waals surface area (Å²) in [6.45, 7) is 0. The molecular formula is C13H12N2O. The Hall–Kier alpha value is -1.87. The predicted molar refractivity (Wildman–Crippen MR) is 61.7 cm³/mol. The normalized spacial score (nSPS) is 17.2. The van der Waals surface area contributed by atoms with E-state index in [4.69, 9.17) is 4.74 Å². The number of hydrogen-bond donors (Lipinski definition) is 1. The Morgan fingerprint density at radius 1 is 1.12 bits per heavy atom. The molecule has 1 aliphatic rings. The van der Waals surface area contributed by atoms with Gasteiger partial charge in [0.25, 0.3) is 0 Å². The van der Waals surface area contributed by atoms with Gasteiger partial charge in [-0.2, -0.15) is 0 Å². The molecule has 3 heteroatoms. The highest BCUT2D eigenvalue weighted by Gasteiger charge is 2.25. The summed E-state index contributed by atoms with van der Waals surface area (Å²) in [5.74, 6) is 1.58. The van der Waals surface area contributed by atoms with Gasteiger partial charge in [-0.3, -0.25) is 0 Å². The molecule has 16 heavy (non-hydrogen) atoms. The van der Waals surface area contributed by atoms with Crippen LogP contribution in [-0.4, -0.2) is 12.0 Å². The number of hydrogen-bond acceptors (Lipinski definition) is 3. The Morgan fingerprint density at radius 2 is 1.94 bits per heavy atom. The predicted octanol–water partition coefficient (Wildman–Crippen LogP) is 2.50. The first kappa shape index (κ1) is 9.36. The first-order chi connectivity index (χ1) is 7.90. The van der Waals surface area contributed by atoms with Crippen LogP contribution in [-0.2, 0) is 0 Å². The number of benzene rings is 1. The average molecular weight is 212 g/mol. The van der Waals surface area contributed by atoms with Crippen molar-refractivity contribution in [2.24, 2.45) is 0 Å². The van der Waals surface area contributed by atoms with Gasteiger partial charge >= 0.3 is 0 Å². The fourth-order valence-corrected chi connectivity index (χ4v) is 2.10. The zero-order valence-corrected chi connectivity index (χ0v) is 8.97. The SMILES string of the molecule is CN[C@H]1c2ccccc2Oc2ncccc21. The molecule has 1 aromatic carbocycles. The zero-order chi connectivity index (χ0) is 11.0. The number of nitrogens with one attached hydrogen (secondary N) is 1. The molecule has 1 atom stereocenters. The zero-order valence-electron chi connectivity index (χ0n) is 8.97. The Kier molecular flexibility index (Phi) is 2.11. The topological polar surface area (TPSA) is 34.1 Å². The van der Waals surface area contributed by atoms with Crippen LogP contribution in [0.4, 0.5) is 0 Å². The van der Waals surface area contributed by atoms with Gasteiger partial charge in [0.05, 0.1) is 6.04 Å². The van der Waals surface area contributed by atoms with Crippen molar-refractivity contribution in [2.45, 2.75) is 6.04 Å². The number of pyridine rings is 1. The maximum absolute atomic E-state index is 5.76. The molecule has 0 radical (unpaired) electrons. The smallest absolute Gasteiger partial charge is 0.224 e. The summed E-state index contributed by atoms with van der Waals surface area (Å²) >= 11 is 0. The van der Waals surface area contributed by atoms with E-state index in [1.165, 1.54) is 0 Å². The third-order valence-electron chi connectivity index (χ3n) is 2.84. The highest BCUT2D eigenvalue weighted by atomic mass is 16.5. The van der Waals surface area contributed by atoms with Gasteiger partial charge in [0.15, 0.2) is 0 Å². The minimum atomic E-state index is 0.161. The number of nitrogens with zero attached hydrogens (tertiary/aromatic N) is 1. The summed E-state index contributed by atoms with van der Waals surface area (Å²) in [6.07, 6.45) is 1.75. The number of fused-ring (bicyclic) bond motifs is 2. The molecule has 3 nitrogen and oxygen atoms in total. The van der Waals surface area contributed by atoms with Gasteiger partial charge in [-0.1, -0.05) is 24.3 Å². The highest BCUT2D eigenvalue weighted by Crippen LogP contribution is 2.40. The standard InChI is InChI=1S/C13H12N2O/c1-14-12-9-5-2-3-7-11(9)16-13-10(12)6-4-8-15-13/h2-8,12,14H,1H3/t12-/m0/s1. The van der Waals surface area contributed by atoms with Crippen molar-refractivity contribution in [3.63, 3.8) is 0 Å². The van der Waals surface area contributed by atoms with Crippen LogP contribution in [0.3, 0.4) is 0 Å². The fraction of sp³-hybridized carbons (Fsp3) is 0.154. The lowest BCUT2D eigenvalue weighted by Crippen LogP contribution is -2.22. The van der Waals surface area contributed by atoms with Crippen molar-refractivity contribution in [1.82, 2.24) is 10.3 Å². The van der Waals surface area contributed by atoms with Gasteiger partial charge in [0.2, 0.25) is 5.88 Å². The number of ether oxygens (including phenoxy) is 1. The van der Waals surface area contributed by atoms with E-state index in [9.17, 15) is 0 Å². The molecule has 0 unspecified atom stereocenters. The molecule has 3 rings (SSSR count). The molecule has 0 spiro atoms. The van der Waals surface area contributed by atoms with Crippen molar-refractivity contribution < 1.29 is 4.74 Å². The molecule has 1 aromatic heterocycles. The van der Waals surface area contributed by atoms with Gasteiger partial charge in [-0.25, -0.2) is 4.98 Å². The van der Waals surface area contributed by atoms with Crippen LogP contribution < -0.4 is 10.1 Å². The number of para-hydroxylation sites is 1. The molecule has 80 valence electrons. The van der Waals surface area contributed by atoms with E-state index >= 15 is 0 Å². The second-order valence-corrected chi connectivity index (χ2v) is 3.76. The van der Waals surface area contributed by atoms with E-state index in [1.807, 2.05) is 37.4 Å². The Bertz CT molecular complexity index is 479. The van der Waals surface area contributed by atoms with E-state index < -0.39 is 0 Å². The van der Waals surface area contributed by atoms with Crippen molar-refractivity contribution in [3.05, 3.63) is 53.7 Å². The number of rotatable bonds is 1. The molecule has 0 saturated heterocycles. The Morgan fingerprint density at radius 3 is 2.81 bits per heavy atom. The second-order valence-electron chi connectivity index (χ2n) is 3.76. The highest BCUT2D eigenvalue weighted by molar-refractivity contribution is 5.50. The van der Waals surface area contributed by atoms with Crippen LogP contribution in [0.1, 0.15) is 17.2 Å². The van der Waals surface area contributed by atoms with Gasteiger partial charge in [-0.05, 0) is 19.2 Å². The molecule has 2 aromatic rings. The maximum atomic E-state index is 5.76. The summed E-state index contributed by atoms with van der Waals surface area (Å²) in [6, 6.07) is 12.2. The first-order valence-electron chi connectivity index (χ1n) is 5.29. The summed E-state index contributed by atoms with van der Waals surface area (Å²) in [7, 11) is 1.95. The summed E-state index contributed by atoms with van der Waals surface area (Å²) in [5.41, 5.74) is 2.24. The summed E-state index contributed by atoms with van der Waals surface area (Å²) < 4.78 is 5.76. The van der Waals surface area contributed by atoms with E-state index in [1.54, 1.807) is 6.20 Å². The van der Waals surface area contributed by atoms with Crippen molar-refractivity contribution in [1.29, 1.82) is 0 Å². The van der Waals surface area contributed by atoms with Crippen molar-refractivity contribution in [2.75, 3.05) is 7.05 Å². The molecule has 0 saturated carbocycles. The molecular weight excluding hydrogens is 200 g/mol. The Labute approximate surface area is 94.1 Å². The third kappa shape index (κ3) is 1.29. The molecule has 2 heterocycles. The minimum absolute atomic E-state index is 0.161. The van der Waals surface area contributed by atoms with Crippen LogP contribution in [0, 0.1) is 0 Å². The van der Waals surface area contributed by atoms with Gasteiger partial charge in [-0.15, -0.1) is 0 Å². The third-order valence-corrected chi connectivity index (χ3v) is 2.84. The largest absolute Gasteiger partial charge is 0.438 e. The maximum Gasteiger partial charge on any atom is 0.224 e. The lowest BCUT2D eigenvalue weighted by atomic mass is 9.97. The quantitative estimate of drug-likeness (QED) is 0.788. The van der Waals surface area contributed by atoms with Gasteiger partial charge in [0, 0.05) is 17.3 Å². The summed E-state index contributed by atoms with van der Waals surface area (Å²) in [4.78, 5) is 4.25. The lowest BCUT2D eigenvalue weighted by Gasteiger charge is -2.26. The average Bonchev–Trinajstić information content (AvgIpc) is 2.36. The van der Waals surface area contributed by atoms with Crippen LogP contribution in [0.15, 0.2) is 42.6 Å². The fourth-order valence-electron chi connectivity index (χ4n) is 2.10. The monoisotopic (exact) mass is 212 g/mol. The van der Waals surface area contributed by atoms with E-state index in [-0.39, 0.29) is 6.04 Å². The van der Waals surface area contributed by atoms with Crippen LogP contribution >= 0.6 is 0 Å². The van der Waals surface area contributed by atoms with E-state index in [2.05, 4.69) is 16.4 Å². The minimum Gasteiger partial charge on any atom is -0.438 e. The Balaban J connectivity index is 2.19. The van der Waals surface area contributed by atoms with Crippen LogP contribution in [0.25, 0.3) is 0 Å². The van der Waals surface area contributed by atoms with Crippen LogP contribution in [0.2, 0.25) is 0 Å². The lowest BCUT2D eigenvalue weighted by molar-refractivity contribution is 0.418. The van der Waals surface area contributed by atoms with Gasteiger partial charge < -0.3 is 10.1 Å². The van der Waals surface area contributed by atoms with Crippen molar-refractivity contribution in [3.8, 4) is 11.6 Å². The first-order valence-corrected chi connectivity index (χ1v) is 5.29. The molecule has 1 N–H and O–H groups in total. The van der Waals surface area contributed by atoms with Crippen molar-refractivity contribution >= 4 is 0 Å². The molecule has 0 aliphatic carbocycles. The number of aromatic nitrogens is 1. The molecule has 0 amide bonds. The van der Waals surface area contributed by atoms with Crippen LogP contribution in [0.5, 0.6) is 11.6 Å². The summed E-state index contributed by atoms with van der Waals surface area (Å²) in [5, 5.41) is 3.30. The molecule has 1 aliphatic heterocycles. The molecule has 0 bridgehead atoms. The van der Waals surface area contributed by atoms with E-state index in [0.717, 1.165) is 16.9 Å².